The maximum Gasteiger partial charge on any atom is 0.283 e. The Hall–Kier alpha value is -3.65. The van der Waals surface area contributed by atoms with Crippen LogP contribution in [0.3, 0.4) is 0 Å². The van der Waals surface area contributed by atoms with E-state index in [1.165, 1.54) is 16.8 Å². The van der Waals surface area contributed by atoms with Crippen LogP contribution in [0.5, 0.6) is 5.75 Å². The molecule has 0 spiro atoms. The Balaban J connectivity index is 1.43. The average Bonchev–Trinajstić information content (AvgIpc) is 3.39. The number of hydrazone groups is 1. The number of ether oxygens (including phenoxy) is 1. The van der Waals surface area contributed by atoms with Gasteiger partial charge in [0, 0.05) is 22.7 Å². The van der Waals surface area contributed by atoms with Crippen LogP contribution in [0.1, 0.15) is 25.3 Å². The Morgan fingerprint density at radius 2 is 1.91 bits per heavy atom. The summed E-state index contributed by atoms with van der Waals surface area (Å²) < 4.78 is 7.97. The molecule has 0 unspecified atom stereocenters. The first kappa shape index (κ1) is 21.2. The standard InChI is InChI=1S/C25H23N5O2S/c1-2-8-22-28-30-23(26)20(24(31)27-25(30)33-22)15-17-16-29(21-12-7-6-11-19(17)21)13-14-32-18-9-4-3-5-10-18/h3-7,9-12,15-16,26H,2,8,13-14H2,1H3. The molecule has 5 rings (SSSR count). The molecular formula is C25H23N5O2S. The predicted octanol–water partition coefficient (Wildman–Crippen LogP) is 5.14. The number of nitrogens with zero attached hydrogens (tertiary/aromatic N) is 4. The second-order valence-electron chi connectivity index (χ2n) is 7.72. The van der Waals surface area contributed by atoms with Crippen LogP contribution in [0.25, 0.3) is 17.0 Å². The number of hydrogen-bond acceptors (Lipinski definition) is 5. The quantitative estimate of drug-likeness (QED) is 0.498. The third-order valence-corrected chi connectivity index (χ3v) is 6.39. The Bertz CT molecular complexity index is 1320. The summed E-state index contributed by atoms with van der Waals surface area (Å²) >= 11 is 1.37. The van der Waals surface area contributed by atoms with Gasteiger partial charge in [-0.25, -0.2) is 0 Å². The van der Waals surface area contributed by atoms with E-state index in [0.29, 0.717) is 18.3 Å². The van der Waals surface area contributed by atoms with Crippen molar-refractivity contribution in [2.75, 3.05) is 6.61 Å². The molecule has 2 aliphatic heterocycles. The fourth-order valence-electron chi connectivity index (χ4n) is 3.86. The first-order valence-corrected chi connectivity index (χ1v) is 11.7. The van der Waals surface area contributed by atoms with Gasteiger partial charge in [-0.1, -0.05) is 43.3 Å². The van der Waals surface area contributed by atoms with Gasteiger partial charge >= 0.3 is 0 Å². The fraction of sp³-hybridized carbons (Fsp3) is 0.200. The molecule has 1 aromatic heterocycles. The summed E-state index contributed by atoms with van der Waals surface area (Å²) in [6, 6.07) is 17.7. The van der Waals surface area contributed by atoms with Crippen LogP contribution in [0.4, 0.5) is 0 Å². The number of nitrogens with one attached hydrogen (secondary N) is 1. The van der Waals surface area contributed by atoms with Gasteiger partial charge in [0.2, 0.25) is 5.17 Å². The number of aliphatic imine (C=N–C) groups is 1. The third-order valence-electron chi connectivity index (χ3n) is 5.42. The van der Waals surface area contributed by atoms with Gasteiger partial charge in [-0.2, -0.15) is 15.1 Å². The SMILES string of the molecule is CCCC1=NN2C(=N)C(=Cc3cn(CCOc4ccccc4)c4ccccc34)C(=O)N=C2S1. The topological polar surface area (TPSA) is 83.0 Å². The average molecular weight is 458 g/mol. The molecular weight excluding hydrogens is 434 g/mol. The number of aromatic nitrogens is 1. The molecule has 1 amide bonds. The zero-order valence-electron chi connectivity index (χ0n) is 18.2. The van der Waals surface area contributed by atoms with Crippen LogP contribution < -0.4 is 4.74 Å². The number of amidine groups is 2. The molecule has 0 aliphatic carbocycles. The Morgan fingerprint density at radius 3 is 2.73 bits per heavy atom. The lowest BCUT2D eigenvalue weighted by molar-refractivity contribution is -0.114. The van der Waals surface area contributed by atoms with Crippen LogP contribution in [-0.2, 0) is 11.3 Å². The maximum absolute atomic E-state index is 12.8. The van der Waals surface area contributed by atoms with E-state index < -0.39 is 5.91 Å². The van der Waals surface area contributed by atoms with Crippen molar-refractivity contribution in [2.45, 2.75) is 26.3 Å². The van der Waals surface area contributed by atoms with Crippen LogP contribution in [0.2, 0.25) is 0 Å². The molecule has 0 fully saturated rings. The second-order valence-corrected chi connectivity index (χ2v) is 8.76. The Labute approximate surface area is 196 Å². The summed E-state index contributed by atoms with van der Waals surface area (Å²) in [4.78, 5) is 17.0. The van der Waals surface area contributed by atoms with Crippen molar-refractivity contribution < 1.29 is 9.53 Å². The Kier molecular flexibility index (Phi) is 5.83. The minimum Gasteiger partial charge on any atom is -0.492 e. The van der Waals surface area contributed by atoms with Crippen LogP contribution in [0, 0.1) is 5.41 Å². The van der Waals surface area contributed by atoms with Crippen molar-refractivity contribution in [1.82, 2.24) is 9.58 Å². The van der Waals surface area contributed by atoms with Gasteiger partial charge in [0.05, 0.1) is 12.1 Å². The summed E-state index contributed by atoms with van der Waals surface area (Å²) in [6.07, 6.45) is 5.50. The molecule has 8 heteroatoms. The minimum absolute atomic E-state index is 0.0628. The van der Waals surface area contributed by atoms with Crippen molar-refractivity contribution >= 4 is 50.7 Å². The van der Waals surface area contributed by atoms with E-state index in [-0.39, 0.29) is 11.4 Å². The highest BCUT2D eigenvalue weighted by Gasteiger charge is 2.35. The van der Waals surface area contributed by atoms with E-state index in [0.717, 1.165) is 40.1 Å². The molecule has 0 bridgehead atoms. The van der Waals surface area contributed by atoms with E-state index in [1.807, 2.05) is 60.8 Å². The number of para-hydroxylation sites is 2. The molecule has 0 radical (unpaired) electrons. The van der Waals surface area contributed by atoms with E-state index in [4.69, 9.17) is 10.1 Å². The lowest BCUT2D eigenvalue weighted by atomic mass is 10.1. The summed E-state index contributed by atoms with van der Waals surface area (Å²) in [7, 11) is 0. The van der Waals surface area contributed by atoms with Crippen molar-refractivity contribution in [2.24, 2.45) is 10.1 Å². The molecule has 0 saturated heterocycles. The zero-order chi connectivity index (χ0) is 22.8. The summed E-state index contributed by atoms with van der Waals surface area (Å²) in [5.41, 5.74) is 2.14. The van der Waals surface area contributed by atoms with Crippen molar-refractivity contribution in [3.05, 3.63) is 71.9 Å². The molecule has 3 aromatic rings. The first-order chi connectivity index (χ1) is 16.1. The number of benzene rings is 2. The first-order valence-electron chi connectivity index (χ1n) is 10.9. The summed E-state index contributed by atoms with van der Waals surface area (Å²) in [6.45, 7) is 3.24. The molecule has 2 aromatic carbocycles. The number of carbonyl (C=O) groups is 1. The van der Waals surface area contributed by atoms with Gasteiger partial charge in [0.25, 0.3) is 5.91 Å². The fourth-order valence-corrected chi connectivity index (χ4v) is 4.84. The number of thioether (sulfide) groups is 1. The molecule has 166 valence electrons. The zero-order valence-corrected chi connectivity index (χ0v) is 19.0. The van der Waals surface area contributed by atoms with Crippen molar-refractivity contribution in [3.8, 4) is 5.75 Å². The van der Waals surface area contributed by atoms with Crippen molar-refractivity contribution in [1.29, 1.82) is 5.41 Å². The molecule has 1 N–H and O–H groups in total. The van der Waals surface area contributed by atoms with Gasteiger partial charge < -0.3 is 9.30 Å². The van der Waals surface area contributed by atoms with Crippen LogP contribution in [0.15, 0.2) is 76.5 Å². The predicted molar refractivity (Wildman–Crippen MR) is 134 cm³/mol. The maximum atomic E-state index is 12.8. The van der Waals surface area contributed by atoms with Gasteiger partial charge in [0.1, 0.15) is 17.4 Å². The molecule has 3 heterocycles. The van der Waals surface area contributed by atoms with E-state index in [2.05, 4.69) is 21.6 Å². The molecule has 7 nitrogen and oxygen atoms in total. The van der Waals surface area contributed by atoms with Gasteiger partial charge in [-0.15, -0.1) is 0 Å². The summed E-state index contributed by atoms with van der Waals surface area (Å²) in [5, 5.41) is 16.9. The van der Waals surface area contributed by atoms with E-state index >= 15 is 0 Å². The molecule has 0 saturated carbocycles. The van der Waals surface area contributed by atoms with Crippen LogP contribution >= 0.6 is 11.8 Å². The number of fused-ring (bicyclic) bond motifs is 2. The number of rotatable bonds is 7. The molecule has 33 heavy (non-hydrogen) atoms. The lowest BCUT2D eigenvalue weighted by Gasteiger charge is -2.20. The highest BCUT2D eigenvalue weighted by molar-refractivity contribution is 8.26. The third kappa shape index (κ3) is 4.21. The Morgan fingerprint density at radius 1 is 1.12 bits per heavy atom. The minimum atomic E-state index is -0.407. The normalized spacial score (nSPS) is 16.9. The largest absolute Gasteiger partial charge is 0.492 e. The van der Waals surface area contributed by atoms with Gasteiger partial charge in [-0.05, 0) is 48.9 Å². The monoisotopic (exact) mass is 457 g/mol. The number of hydrogen-bond donors (Lipinski definition) is 1. The molecule has 2 aliphatic rings. The van der Waals surface area contributed by atoms with Crippen LogP contribution in [-0.4, -0.2) is 38.1 Å². The van der Waals surface area contributed by atoms with E-state index in [9.17, 15) is 4.79 Å². The lowest BCUT2D eigenvalue weighted by Crippen LogP contribution is -2.35. The number of amides is 1. The van der Waals surface area contributed by atoms with E-state index in [1.54, 1.807) is 6.08 Å². The highest BCUT2D eigenvalue weighted by atomic mass is 32.2. The second kappa shape index (κ2) is 9.07. The smallest absolute Gasteiger partial charge is 0.283 e. The number of carbonyl (C=O) groups excluding carboxylic acids is 1. The highest BCUT2D eigenvalue weighted by Crippen LogP contribution is 2.31. The van der Waals surface area contributed by atoms with Crippen molar-refractivity contribution in [3.63, 3.8) is 0 Å². The summed E-state index contributed by atoms with van der Waals surface area (Å²) in [5.74, 6) is 0.487. The molecule has 0 atom stereocenters. The van der Waals surface area contributed by atoms with Gasteiger partial charge in [-0.3, -0.25) is 10.2 Å². The van der Waals surface area contributed by atoms with Gasteiger partial charge in [0.15, 0.2) is 5.84 Å².